The number of rotatable bonds is 4. The Hall–Kier alpha value is -0.190. The van der Waals surface area contributed by atoms with Crippen molar-refractivity contribution >= 4 is 34.8 Å². The van der Waals surface area contributed by atoms with Gasteiger partial charge in [-0.25, -0.2) is 0 Å². The first kappa shape index (κ1) is 14.2. The molecule has 6 heteroatoms. The fourth-order valence-electron chi connectivity index (χ4n) is 1.83. The molecule has 18 heavy (non-hydrogen) atoms. The average molecular weight is 312 g/mol. The molecule has 0 radical (unpaired) electrons. The highest BCUT2D eigenvalue weighted by atomic mass is 35.5. The molecule has 1 aliphatic rings. The van der Waals surface area contributed by atoms with E-state index in [4.69, 9.17) is 44.3 Å². The molecule has 1 heterocycles. The first-order chi connectivity index (χ1) is 8.58. The Kier molecular flexibility index (Phi) is 4.98. The Morgan fingerprint density at radius 1 is 1.33 bits per heavy atom. The van der Waals surface area contributed by atoms with Gasteiger partial charge < -0.3 is 14.6 Å². The van der Waals surface area contributed by atoms with Crippen LogP contribution in [0.15, 0.2) is 12.1 Å². The number of aliphatic hydroxyl groups is 1. The summed E-state index contributed by atoms with van der Waals surface area (Å²) >= 11 is 17.8. The van der Waals surface area contributed by atoms with Gasteiger partial charge in [0.25, 0.3) is 0 Å². The zero-order chi connectivity index (χ0) is 13.1. The molecule has 0 aliphatic carbocycles. The van der Waals surface area contributed by atoms with Gasteiger partial charge in [0.05, 0.1) is 22.8 Å². The van der Waals surface area contributed by atoms with Crippen LogP contribution in [0.25, 0.3) is 0 Å². The van der Waals surface area contributed by atoms with E-state index in [-0.39, 0.29) is 12.5 Å². The van der Waals surface area contributed by atoms with Crippen LogP contribution in [0.1, 0.15) is 6.42 Å². The van der Waals surface area contributed by atoms with Crippen molar-refractivity contribution in [2.75, 3.05) is 19.8 Å². The lowest BCUT2D eigenvalue weighted by Crippen LogP contribution is -2.27. The monoisotopic (exact) mass is 310 g/mol. The summed E-state index contributed by atoms with van der Waals surface area (Å²) in [7, 11) is 0. The van der Waals surface area contributed by atoms with Crippen molar-refractivity contribution in [3.63, 3.8) is 0 Å². The van der Waals surface area contributed by atoms with Gasteiger partial charge in [-0.15, -0.1) is 0 Å². The molecule has 2 atom stereocenters. The van der Waals surface area contributed by atoms with Crippen molar-refractivity contribution in [1.29, 1.82) is 0 Å². The molecule has 1 fully saturated rings. The first-order valence-corrected chi connectivity index (χ1v) is 6.74. The molecule has 1 aromatic rings. The average Bonchev–Trinajstić information content (AvgIpc) is 2.80. The van der Waals surface area contributed by atoms with E-state index in [0.717, 1.165) is 6.42 Å². The maximum atomic E-state index is 9.93. The number of hydrogen-bond acceptors (Lipinski definition) is 3. The minimum atomic E-state index is -0.588. The van der Waals surface area contributed by atoms with Crippen molar-refractivity contribution in [3.05, 3.63) is 27.2 Å². The van der Waals surface area contributed by atoms with E-state index in [1.165, 1.54) is 0 Å². The zero-order valence-electron chi connectivity index (χ0n) is 9.54. The SMILES string of the molecule is OC(COc1c(Cl)cc(Cl)cc1Cl)C1CCOC1. The highest BCUT2D eigenvalue weighted by Crippen LogP contribution is 2.36. The lowest BCUT2D eigenvalue weighted by atomic mass is 10.0. The van der Waals surface area contributed by atoms with Crippen molar-refractivity contribution in [2.45, 2.75) is 12.5 Å². The molecule has 1 aromatic carbocycles. The van der Waals surface area contributed by atoms with Crippen molar-refractivity contribution in [1.82, 2.24) is 0 Å². The van der Waals surface area contributed by atoms with E-state index in [2.05, 4.69) is 0 Å². The third-order valence-electron chi connectivity index (χ3n) is 2.87. The van der Waals surface area contributed by atoms with Crippen molar-refractivity contribution in [2.24, 2.45) is 5.92 Å². The molecule has 1 saturated heterocycles. The van der Waals surface area contributed by atoms with Crippen LogP contribution in [0.4, 0.5) is 0 Å². The molecule has 0 spiro atoms. The summed E-state index contributed by atoms with van der Waals surface area (Å²) in [6.07, 6.45) is 0.252. The Balaban J connectivity index is 1.97. The molecule has 2 unspecified atom stereocenters. The second-order valence-corrected chi connectivity index (χ2v) is 5.45. The van der Waals surface area contributed by atoms with E-state index in [1.807, 2.05) is 0 Å². The number of benzene rings is 1. The van der Waals surface area contributed by atoms with Crippen LogP contribution in [-0.4, -0.2) is 31.0 Å². The van der Waals surface area contributed by atoms with E-state index >= 15 is 0 Å². The van der Waals surface area contributed by atoms with Crippen LogP contribution in [0.2, 0.25) is 15.1 Å². The lowest BCUT2D eigenvalue weighted by Gasteiger charge is -2.18. The maximum Gasteiger partial charge on any atom is 0.156 e. The van der Waals surface area contributed by atoms with E-state index in [0.29, 0.717) is 34.0 Å². The largest absolute Gasteiger partial charge is 0.488 e. The minimum Gasteiger partial charge on any atom is -0.488 e. The Labute approximate surface area is 121 Å². The summed E-state index contributed by atoms with van der Waals surface area (Å²) in [5.41, 5.74) is 0. The molecule has 0 bridgehead atoms. The fourth-order valence-corrected chi connectivity index (χ4v) is 2.75. The van der Waals surface area contributed by atoms with Crippen molar-refractivity contribution < 1.29 is 14.6 Å². The highest BCUT2D eigenvalue weighted by molar-refractivity contribution is 6.40. The molecule has 0 aromatic heterocycles. The summed E-state index contributed by atoms with van der Waals surface area (Å²) in [5.74, 6) is 0.454. The van der Waals surface area contributed by atoms with Gasteiger partial charge in [-0.2, -0.15) is 0 Å². The van der Waals surface area contributed by atoms with E-state index < -0.39 is 6.10 Å². The fraction of sp³-hybridized carbons (Fsp3) is 0.500. The normalized spacial score (nSPS) is 21.0. The third-order valence-corrected chi connectivity index (χ3v) is 3.65. The smallest absolute Gasteiger partial charge is 0.156 e. The predicted octanol–water partition coefficient (Wildman–Crippen LogP) is 3.42. The van der Waals surface area contributed by atoms with Crippen molar-refractivity contribution in [3.8, 4) is 5.75 Å². The molecule has 1 aliphatic heterocycles. The number of aliphatic hydroxyl groups excluding tert-OH is 1. The topological polar surface area (TPSA) is 38.7 Å². The van der Waals surface area contributed by atoms with Crippen LogP contribution in [0.5, 0.6) is 5.75 Å². The van der Waals surface area contributed by atoms with Crippen LogP contribution >= 0.6 is 34.8 Å². The molecule has 0 saturated carbocycles. The minimum absolute atomic E-state index is 0.106. The van der Waals surface area contributed by atoms with E-state index in [1.54, 1.807) is 12.1 Å². The zero-order valence-corrected chi connectivity index (χ0v) is 11.8. The molecule has 1 N–H and O–H groups in total. The Bertz CT molecular complexity index is 396. The van der Waals surface area contributed by atoms with Crippen LogP contribution in [-0.2, 0) is 4.74 Å². The van der Waals surface area contributed by atoms with Gasteiger partial charge in [-0.1, -0.05) is 34.8 Å². The number of halogens is 3. The number of hydrogen-bond donors (Lipinski definition) is 1. The maximum absolute atomic E-state index is 9.93. The highest BCUT2D eigenvalue weighted by Gasteiger charge is 2.25. The second-order valence-electron chi connectivity index (χ2n) is 4.20. The number of ether oxygens (including phenoxy) is 2. The summed E-state index contributed by atoms with van der Waals surface area (Å²) in [6.45, 7) is 1.38. The van der Waals surface area contributed by atoms with Crippen LogP contribution < -0.4 is 4.74 Å². The quantitative estimate of drug-likeness (QED) is 0.926. The van der Waals surface area contributed by atoms with Gasteiger partial charge in [0.2, 0.25) is 0 Å². The molecular weight excluding hydrogens is 298 g/mol. The second kappa shape index (κ2) is 6.31. The van der Waals surface area contributed by atoms with Gasteiger partial charge in [0, 0.05) is 17.5 Å². The Morgan fingerprint density at radius 3 is 2.56 bits per heavy atom. The van der Waals surface area contributed by atoms with Gasteiger partial charge in [-0.3, -0.25) is 0 Å². The molecule has 0 amide bonds. The first-order valence-electron chi connectivity index (χ1n) is 5.61. The lowest BCUT2D eigenvalue weighted by molar-refractivity contribution is 0.0500. The molecule has 3 nitrogen and oxygen atoms in total. The van der Waals surface area contributed by atoms with Gasteiger partial charge >= 0.3 is 0 Å². The Morgan fingerprint density at radius 2 is 2.00 bits per heavy atom. The third kappa shape index (κ3) is 3.43. The van der Waals surface area contributed by atoms with E-state index in [9.17, 15) is 5.11 Å². The summed E-state index contributed by atoms with van der Waals surface area (Å²) < 4.78 is 10.7. The van der Waals surface area contributed by atoms with Gasteiger partial charge in [0.1, 0.15) is 6.61 Å². The van der Waals surface area contributed by atoms with Crippen LogP contribution in [0.3, 0.4) is 0 Å². The molecule has 100 valence electrons. The summed E-state index contributed by atoms with van der Waals surface area (Å²) in [4.78, 5) is 0. The molecule has 2 rings (SSSR count). The summed E-state index contributed by atoms with van der Waals surface area (Å²) in [5, 5.41) is 11.0. The standard InChI is InChI=1S/C12H13Cl3O3/c13-8-3-9(14)12(10(15)4-8)18-6-11(16)7-1-2-17-5-7/h3-4,7,11,16H,1-2,5-6H2. The predicted molar refractivity (Wildman–Crippen MR) is 71.9 cm³/mol. The van der Waals surface area contributed by atoms with Gasteiger partial charge in [0.15, 0.2) is 5.75 Å². The van der Waals surface area contributed by atoms with Crippen LogP contribution in [0, 0.1) is 5.92 Å². The molecular formula is C12H13Cl3O3. The summed E-state index contributed by atoms with van der Waals surface area (Å²) in [6, 6.07) is 3.10. The van der Waals surface area contributed by atoms with Gasteiger partial charge in [-0.05, 0) is 18.6 Å².